The first-order valence-corrected chi connectivity index (χ1v) is 5.86. The van der Waals surface area contributed by atoms with Crippen LogP contribution in [0.3, 0.4) is 0 Å². The third-order valence-corrected chi connectivity index (χ3v) is 3.02. The molecule has 3 rings (SSSR count). The largest absolute Gasteiger partial charge is 0.367 e. The van der Waals surface area contributed by atoms with Gasteiger partial charge >= 0.3 is 0 Å². The molecule has 84 valence electrons. The summed E-state index contributed by atoms with van der Waals surface area (Å²) in [6.45, 7) is 0. The van der Waals surface area contributed by atoms with Gasteiger partial charge in [0, 0.05) is 22.9 Å². The van der Waals surface area contributed by atoms with Crippen molar-refractivity contribution in [1.82, 2.24) is 15.0 Å². The lowest BCUT2D eigenvalue weighted by atomic mass is 10.2. The highest BCUT2D eigenvalue weighted by Gasteiger charge is 2.08. The number of halogens is 1. The molecule has 2 N–H and O–H groups in total. The Hall–Kier alpha value is -1.88. The molecule has 0 aliphatic carbocycles. The van der Waals surface area contributed by atoms with Crippen LogP contribution in [0.4, 0.5) is 0 Å². The number of rotatable bonds is 1. The van der Waals surface area contributed by atoms with Gasteiger partial charge in [0.25, 0.3) is 0 Å². The molecular weight excluding hydrogens is 282 g/mol. The number of H-pyrrole nitrogens is 2. The Balaban J connectivity index is 2.25. The molecule has 0 atom stereocenters. The summed E-state index contributed by atoms with van der Waals surface area (Å²) in [4.78, 5) is 22.1. The lowest BCUT2D eigenvalue weighted by Crippen LogP contribution is -2.03. The first kappa shape index (κ1) is 10.3. The molecule has 0 aliphatic rings. The van der Waals surface area contributed by atoms with E-state index in [4.69, 9.17) is 0 Å². The maximum atomic E-state index is 11.7. The Labute approximate surface area is 105 Å². The summed E-state index contributed by atoms with van der Waals surface area (Å²) < 4.78 is 0.974. The van der Waals surface area contributed by atoms with E-state index in [1.165, 1.54) is 6.07 Å². The molecule has 0 saturated heterocycles. The highest BCUT2D eigenvalue weighted by atomic mass is 79.9. The van der Waals surface area contributed by atoms with Crippen molar-refractivity contribution in [1.29, 1.82) is 0 Å². The lowest BCUT2D eigenvalue weighted by Gasteiger charge is -1.92. The van der Waals surface area contributed by atoms with E-state index in [2.05, 4.69) is 30.9 Å². The molecule has 3 aromatic rings. The minimum absolute atomic E-state index is 0.0538. The van der Waals surface area contributed by atoms with E-state index in [9.17, 15) is 4.79 Å². The molecule has 1 aromatic carbocycles. The Bertz CT molecular complexity index is 745. The van der Waals surface area contributed by atoms with E-state index in [1.54, 1.807) is 12.4 Å². The number of aromatic nitrogens is 3. The molecule has 4 nitrogen and oxygen atoms in total. The summed E-state index contributed by atoms with van der Waals surface area (Å²) >= 11 is 3.40. The number of pyridine rings is 1. The zero-order valence-electron chi connectivity index (χ0n) is 8.70. The van der Waals surface area contributed by atoms with Gasteiger partial charge < -0.3 is 9.97 Å². The fourth-order valence-corrected chi connectivity index (χ4v) is 2.07. The minimum Gasteiger partial charge on any atom is -0.367 e. The molecule has 2 aromatic heterocycles. The van der Waals surface area contributed by atoms with Gasteiger partial charge in [0.2, 0.25) is 0 Å². The molecule has 17 heavy (non-hydrogen) atoms. The predicted octanol–water partition coefficient (Wildman–Crippen LogP) is 2.68. The minimum atomic E-state index is -0.0538. The summed E-state index contributed by atoms with van der Waals surface area (Å²) in [5.41, 5.74) is 2.23. The van der Waals surface area contributed by atoms with Crippen LogP contribution in [0.25, 0.3) is 22.4 Å². The molecule has 2 heterocycles. The summed E-state index contributed by atoms with van der Waals surface area (Å²) in [6.07, 6.45) is 3.25. The molecule has 0 fully saturated rings. The van der Waals surface area contributed by atoms with E-state index in [-0.39, 0.29) is 5.43 Å². The van der Waals surface area contributed by atoms with Crippen LogP contribution in [0.2, 0.25) is 0 Å². The van der Waals surface area contributed by atoms with Gasteiger partial charge in [-0.25, -0.2) is 4.98 Å². The van der Waals surface area contributed by atoms with Crippen molar-refractivity contribution in [3.8, 4) is 11.4 Å². The molecule has 5 heteroatoms. The Morgan fingerprint density at radius 3 is 2.94 bits per heavy atom. The normalized spacial score (nSPS) is 10.9. The molecular formula is C12H8BrN3O. The number of nitrogens with zero attached hydrogens (tertiary/aromatic N) is 1. The van der Waals surface area contributed by atoms with Crippen molar-refractivity contribution in [2.75, 3.05) is 0 Å². The maximum Gasteiger partial charge on any atom is 0.192 e. The first-order chi connectivity index (χ1) is 8.24. The van der Waals surface area contributed by atoms with Crippen molar-refractivity contribution >= 4 is 27.0 Å². The second kappa shape index (κ2) is 3.85. The van der Waals surface area contributed by atoms with Crippen LogP contribution < -0.4 is 5.43 Å². The van der Waals surface area contributed by atoms with E-state index < -0.39 is 0 Å². The van der Waals surface area contributed by atoms with Crippen LogP contribution in [0.5, 0.6) is 0 Å². The Kier molecular flexibility index (Phi) is 2.33. The van der Waals surface area contributed by atoms with Gasteiger partial charge in [-0.05, 0) is 18.2 Å². The third-order valence-electron chi connectivity index (χ3n) is 2.52. The van der Waals surface area contributed by atoms with E-state index in [1.807, 2.05) is 18.2 Å². The van der Waals surface area contributed by atoms with Gasteiger partial charge in [-0.1, -0.05) is 15.9 Å². The average Bonchev–Trinajstić information content (AvgIpc) is 2.72. The van der Waals surface area contributed by atoms with Gasteiger partial charge in [-0.2, -0.15) is 0 Å². The van der Waals surface area contributed by atoms with Crippen LogP contribution in [0.1, 0.15) is 0 Å². The quantitative estimate of drug-likeness (QED) is 0.723. The molecule has 0 spiro atoms. The van der Waals surface area contributed by atoms with Crippen molar-refractivity contribution < 1.29 is 0 Å². The highest BCUT2D eigenvalue weighted by molar-refractivity contribution is 9.10. The van der Waals surface area contributed by atoms with Gasteiger partial charge in [0.15, 0.2) is 5.43 Å². The summed E-state index contributed by atoms with van der Waals surface area (Å²) in [7, 11) is 0. The zero-order chi connectivity index (χ0) is 11.8. The number of nitrogens with one attached hydrogen (secondary N) is 2. The summed E-state index contributed by atoms with van der Waals surface area (Å²) in [6, 6.07) is 7.24. The number of fused-ring (bicyclic) bond motifs is 1. The Morgan fingerprint density at radius 2 is 2.12 bits per heavy atom. The molecule has 0 unspecified atom stereocenters. The van der Waals surface area contributed by atoms with E-state index in [0.29, 0.717) is 11.4 Å². The summed E-state index contributed by atoms with van der Waals surface area (Å²) in [5, 5.41) is 0. The number of benzene rings is 1. The van der Waals surface area contributed by atoms with Gasteiger partial charge in [0.1, 0.15) is 5.82 Å². The van der Waals surface area contributed by atoms with E-state index >= 15 is 0 Å². The van der Waals surface area contributed by atoms with Crippen molar-refractivity contribution in [3.63, 3.8) is 0 Å². The van der Waals surface area contributed by atoms with Crippen LogP contribution in [0.15, 0.2) is 45.9 Å². The molecule has 0 saturated carbocycles. The lowest BCUT2D eigenvalue weighted by molar-refractivity contribution is 1.25. The molecule has 0 aliphatic heterocycles. The number of hydrogen-bond donors (Lipinski definition) is 2. The van der Waals surface area contributed by atoms with E-state index in [0.717, 1.165) is 15.5 Å². The molecule has 0 bridgehead atoms. The van der Waals surface area contributed by atoms with Gasteiger partial charge in [-0.15, -0.1) is 0 Å². The molecule has 0 radical (unpaired) electrons. The SMILES string of the molecule is O=c1cc[nH]cc1-c1nc2ccc(Br)cc2[nH]1. The van der Waals surface area contributed by atoms with Crippen LogP contribution in [-0.4, -0.2) is 15.0 Å². The topological polar surface area (TPSA) is 61.5 Å². The molecule has 0 amide bonds. The number of aromatic amines is 2. The maximum absolute atomic E-state index is 11.7. The number of hydrogen-bond acceptors (Lipinski definition) is 2. The smallest absolute Gasteiger partial charge is 0.192 e. The van der Waals surface area contributed by atoms with Gasteiger partial charge in [-0.3, -0.25) is 4.79 Å². The monoisotopic (exact) mass is 289 g/mol. The standard InChI is InChI=1S/C12H8BrN3O/c13-7-1-2-9-10(5-7)16-12(15-9)8-6-14-4-3-11(8)17/h1-6H,(H,14,17)(H,15,16). The van der Waals surface area contributed by atoms with Crippen LogP contribution >= 0.6 is 15.9 Å². The average molecular weight is 290 g/mol. The second-order valence-corrected chi connectivity index (χ2v) is 4.58. The third kappa shape index (κ3) is 1.78. The Morgan fingerprint density at radius 1 is 1.24 bits per heavy atom. The first-order valence-electron chi connectivity index (χ1n) is 5.07. The zero-order valence-corrected chi connectivity index (χ0v) is 10.3. The summed E-state index contributed by atoms with van der Waals surface area (Å²) in [5.74, 6) is 0.583. The van der Waals surface area contributed by atoms with Crippen molar-refractivity contribution in [3.05, 3.63) is 51.4 Å². The van der Waals surface area contributed by atoms with Crippen LogP contribution in [-0.2, 0) is 0 Å². The van der Waals surface area contributed by atoms with Gasteiger partial charge in [0.05, 0.1) is 16.6 Å². The highest BCUT2D eigenvalue weighted by Crippen LogP contribution is 2.20. The predicted molar refractivity (Wildman–Crippen MR) is 69.9 cm³/mol. The number of imidazole rings is 1. The van der Waals surface area contributed by atoms with Crippen molar-refractivity contribution in [2.24, 2.45) is 0 Å². The fraction of sp³-hybridized carbons (Fsp3) is 0. The second-order valence-electron chi connectivity index (χ2n) is 3.67. The van der Waals surface area contributed by atoms with Crippen LogP contribution in [0, 0.1) is 0 Å². The van der Waals surface area contributed by atoms with Crippen molar-refractivity contribution in [2.45, 2.75) is 0 Å². The fourth-order valence-electron chi connectivity index (χ4n) is 1.71.